The molecule has 0 spiro atoms. The first-order valence-electron chi connectivity index (χ1n) is 2.72. The number of phenols is 1. The molecule has 2 N–H and O–H groups in total. The number of carboxylic acids is 1. The first-order valence-corrected chi connectivity index (χ1v) is 2.72. The second kappa shape index (κ2) is 4.59. The van der Waals surface area contributed by atoms with Gasteiger partial charge in [0, 0.05) is 0 Å². The van der Waals surface area contributed by atoms with Crippen molar-refractivity contribution in [3.05, 3.63) is 29.8 Å². The SMILES string of the molecule is O=C(O)c1ccc(O)cc1.[Ca+2].[H-].[H-]. The molecule has 0 aliphatic heterocycles. The van der Waals surface area contributed by atoms with E-state index in [1.165, 1.54) is 24.3 Å². The molecule has 3 nitrogen and oxygen atoms in total. The van der Waals surface area contributed by atoms with Crippen molar-refractivity contribution in [3.63, 3.8) is 0 Å². The van der Waals surface area contributed by atoms with Crippen LogP contribution in [0.15, 0.2) is 24.3 Å². The molecule has 11 heavy (non-hydrogen) atoms. The zero-order valence-electron chi connectivity index (χ0n) is 7.82. The molecule has 0 saturated heterocycles. The second-order valence-corrected chi connectivity index (χ2v) is 1.85. The van der Waals surface area contributed by atoms with Crippen LogP contribution in [0.4, 0.5) is 0 Å². The van der Waals surface area contributed by atoms with Crippen LogP contribution in [0.5, 0.6) is 5.75 Å². The fourth-order valence-electron chi connectivity index (χ4n) is 0.604. The maximum absolute atomic E-state index is 10.2. The van der Waals surface area contributed by atoms with E-state index in [-0.39, 0.29) is 51.9 Å². The van der Waals surface area contributed by atoms with E-state index in [4.69, 9.17) is 10.2 Å². The fourth-order valence-corrected chi connectivity index (χ4v) is 0.604. The summed E-state index contributed by atoms with van der Waals surface area (Å²) in [6.45, 7) is 0. The summed E-state index contributed by atoms with van der Waals surface area (Å²) in [6.07, 6.45) is 0. The molecule has 1 aromatic rings. The summed E-state index contributed by atoms with van der Waals surface area (Å²) in [4.78, 5) is 10.2. The van der Waals surface area contributed by atoms with E-state index in [0.717, 1.165) is 0 Å². The minimum atomic E-state index is -0.986. The molecule has 0 radical (unpaired) electrons. The summed E-state index contributed by atoms with van der Waals surface area (Å²) in [5.74, 6) is -0.912. The van der Waals surface area contributed by atoms with Crippen LogP contribution in [0.1, 0.15) is 13.2 Å². The molecule has 1 aromatic carbocycles. The first kappa shape index (κ1) is 10.7. The van der Waals surface area contributed by atoms with Crippen molar-refractivity contribution in [2.45, 2.75) is 0 Å². The average Bonchev–Trinajstić information content (AvgIpc) is 1.88. The Kier molecular flexibility index (Phi) is 4.49. The molecule has 0 aromatic heterocycles. The normalized spacial score (nSPS) is 8.36. The smallest absolute Gasteiger partial charge is 1.00 e. The van der Waals surface area contributed by atoms with Gasteiger partial charge in [0.25, 0.3) is 0 Å². The molecular formula is C7H8CaO3. The topological polar surface area (TPSA) is 57.5 Å². The van der Waals surface area contributed by atoms with Crippen molar-refractivity contribution >= 4 is 43.7 Å². The number of carboxylic acid groups (broad SMARTS) is 1. The molecular weight excluding hydrogens is 172 g/mol. The number of aromatic carboxylic acids is 1. The zero-order valence-corrected chi connectivity index (χ0v) is 8.03. The summed E-state index contributed by atoms with van der Waals surface area (Å²) in [5, 5.41) is 17.1. The van der Waals surface area contributed by atoms with Crippen LogP contribution in [0, 0.1) is 0 Å². The van der Waals surface area contributed by atoms with Crippen LogP contribution in [0.2, 0.25) is 0 Å². The van der Waals surface area contributed by atoms with Gasteiger partial charge in [0.1, 0.15) is 5.75 Å². The van der Waals surface area contributed by atoms with Crippen molar-refractivity contribution in [2.24, 2.45) is 0 Å². The molecule has 0 amide bonds. The maximum atomic E-state index is 10.2. The van der Waals surface area contributed by atoms with Gasteiger partial charge in [-0.05, 0) is 24.3 Å². The van der Waals surface area contributed by atoms with Crippen LogP contribution in [-0.4, -0.2) is 53.9 Å². The average molecular weight is 180 g/mol. The van der Waals surface area contributed by atoms with Crippen molar-refractivity contribution in [2.75, 3.05) is 0 Å². The van der Waals surface area contributed by atoms with E-state index in [0.29, 0.717) is 0 Å². The largest absolute Gasteiger partial charge is 2.00 e. The molecule has 0 aliphatic rings. The Morgan fingerprint density at radius 3 is 2.09 bits per heavy atom. The van der Waals surface area contributed by atoms with Crippen molar-refractivity contribution in [1.29, 1.82) is 0 Å². The number of hydrogen-bond acceptors (Lipinski definition) is 2. The summed E-state index contributed by atoms with van der Waals surface area (Å²) in [6, 6.07) is 5.36. The number of rotatable bonds is 1. The maximum Gasteiger partial charge on any atom is 2.00 e. The van der Waals surface area contributed by atoms with Crippen LogP contribution in [0.3, 0.4) is 0 Å². The Bertz CT molecular complexity index is 250. The summed E-state index contributed by atoms with van der Waals surface area (Å²) < 4.78 is 0. The fraction of sp³-hybridized carbons (Fsp3) is 0. The summed E-state index contributed by atoms with van der Waals surface area (Å²) in [7, 11) is 0. The number of carbonyl (C=O) groups is 1. The van der Waals surface area contributed by atoms with Gasteiger partial charge >= 0.3 is 43.7 Å². The van der Waals surface area contributed by atoms with E-state index < -0.39 is 5.97 Å². The van der Waals surface area contributed by atoms with Crippen molar-refractivity contribution < 1.29 is 17.9 Å². The quantitative estimate of drug-likeness (QED) is 0.632. The summed E-state index contributed by atoms with van der Waals surface area (Å²) >= 11 is 0. The summed E-state index contributed by atoms with van der Waals surface area (Å²) in [5.41, 5.74) is 0.179. The number of hydrogen-bond donors (Lipinski definition) is 2. The zero-order chi connectivity index (χ0) is 7.56. The van der Waals surface area contributed by atoms with Crippen molar-refractivity contribution in [1.82, 2.24) is 0 Å². The van der Waals surface area contributed by atoms with E-state index in [2.05, 4.69) is 0 Å². The molecule has 0 saturated carbocycles. The molecule has 0 aliphatic carbocycles. The Morgan fingerprint density at radius 2 is 1.73 bits per heavy atom. The van der Waals surface area contributed by atoms with Crippen LogP contribution < -0.4 is 0 Å². The van der Waals surface area contributed by atoms with Gasteiger partial charge in [0.15, 0.2) is 0 Å². The minimum absolute atomic E-state index is 0. The second-order valence-electron chi connectivity index (χ2n) is 1.85. The number of benzene rings is 1. The molecule has 0 atom stereocenters. The molecule has 0 fully saturated rings. The van der Waals surface area contributed by atoms with Gasteiger partial charge in [0.2, 0.25) is 0 Å². The number of aromatic hydroxyl groups is 1. The first-order chi connectivity index (χ1) is 4.70. The van der Waals surface area contributed by atoms with Gasteiger partial charge in [-0.3, -0.25) is 0 Å². The predicted octanol–water partition coefficient (Wildman–Crippen LogP) is 0.935. The third-order valence-corrected chi connectivity index (χ3v) is 1.11. The number of phenolic OH excluding ortho intramolecular Hbond substituents is 1. The minimum Gasteiger partial charge on any atom is -1.00 e. The van der Waals surface area contributed by atoms with Crippen LogP contribution >= 0.6 is 0 Å². The Hall–Kier alpha value is -0.250. The molecule has 0 heterocycles. The molecule has 1 rings (SSSR count). The van der Waals surface area contributed by atoms with E-state index in [9.17, 15) is 4.79 Å². The van der Waals surface area contributed by atoms with Gasteiger partial charge in [-0.1, -0.05) is 0 Å². The molecule has 0 bridgehead atoms. The van der Waals surface area contributed by atoms with E-state index >= 15 is 0 Å². The van der Waals surface area contributed by atoms with Crippen LogP contribution in [-0.2, 0) is 0 Å². The van der Waals surface area contributed by atoms with Gasteiger partial charge in [0.05, 0.1) is 5.56 Å². The van der Waals surface area contributed by atoms with Gasteiger partial charge in [-0.2, -0.15) is 0 Å². The van der Waals surface area contributed by atoms with E-state index in [1.54, 1.807) is 0 Å². The van der Waals surface area contributed by atoms with Crippen molar-refractivity contribution in [3.8, 4) is 5.75 Å². The van der Waals surface area contributed by atoms with Gasteiger partial charge < -0.3 is 13.1 Å². The van der Waals surface area contributed by atoms with Gasteiger partial charge in [-0.15, -0.1) is 0 Å². The Morgan fingerprint density at radius 1 is 1.27 bits per heavy atom. The molecule has 0 unspecified atom stereocenters. The van der Waals surface area contributed by atoms with Gasteiger partial charge in [-0.25, -0.2) is 4.79 Å². The predicted molar refractivity (Wildman–Crippen MR) is 43.0 cm³/mol. The monoisotopic (exact) mass is 180 g/mol. The molecule has 56 valence electrons. The van der Waals surface area contributed by atoms with Crippen LogP contribution in [0.25, 0.3) is 0 Å². The van der Waals surface area contributed by atoms with E-state index in [1.807, 2.05) is 0 Å². The third kappa shape index (κ3) is 3.10. The Balaban J connectivity index is -0.000000333. The molecule has 4 heteroatoms. The Labute approximate surface area is 96.6 Å². The standard InChI is InChI=1S/C7H6O3.Ca.2H/c8-6-3-1-5(2-4-6)7(9)10;;;/h1-4,8H,(H,9,10);;;/q;+2;2*-1. The third-order valence-electron chi connectivity index (χ3n) is 1.11.